The second kappa shape index (κ2) is 3.87. The van der Waals surface area contributed by atoms with E-state index in [1.807, 2.05) is 23.1 Å². The summed E-state index contributed by atoms with van der Waals surface area (Å²) in [4.78, 5) is 17.9. The largest absolute Gasteiger partial charge is 0.344 e. The van der Waals surface area contributed by atoms with E-state index in [-0.39, 0.29) is 12.1 Å². The normalized spacial score (nSPS) is 29.5. The number of carbonyl (C=O) groups is 1. The molecule has 3 rings (SSSR count). The summed E-state index contributed by atoms with van der Waals surface area (Å²) in [5.74, 6) is 0. The summed E-state index contributed by atoms with van der Waals surface area (Å²) >= 11 is 0. The molecule has 1 fully saturated rings. The van der Waals surface area contributed by atoms with Crippen molar-refractivity contribution in [1.29, 1.82) is 0 Å². The van der Waals surface area contributed by atoms with Crippen molar-refractivity contribution in [2.24, 2.45) is 4.99 Å². The molecule has 2 heterocycles. The first-order chi connectivity index (χ1) is 7.86. The molecule has 16 heavy (non-hydrogen) atoms. The third-order valence-corrected chi connectivity index (χ3v) is 3.42. The summed E-state index contributed by atoms with van der Waals surface area (Å²) in [6.45, 7) is 1.99. The van der Waals surface area contributed by atoms with E-state index in [1.165, 1.54) is 0 Å². The molecule has 1 atom stereocenters. The number of hydrogen-bond donors (Lipinski definition) is 1. The number of carbonyl (C=O) groups excluding carboxylic acids is 1. The van der Waals surface area contributed by atoms with Crippen molar-refractivity contribution < 1.29 is 4.79 Å². The van der Waals surface area contributed by atoms with Crippen LogP contribution in [0.3, 0.4) is 0 Å². The summed E-state index contributed by atoms with van der Waals surface area (Å²) in [5, 5.41) is 3.32. The predicted molar refractivity (Wildman–Crippen MR) is 62.6 cm³/mol. The van der Waals surface area contributed by atoms with Crippen LogP contribution in [-0.2, 0) is 0 Å². The van der Waals surface area contributed by atoms with Crippen molar-refractivity contribution in [2.75, 3.05) is 13.1 Å². The summed E-state index contributed by atoms with van der Waals surface area (Å²) in [6.07, 6.45) is 9.99. The number of hydrogen-bond acceptors (Lipinski definition) is 2. The molecule has 84 valence electrons. The van der Waals surface area contributed by atoms with Crippen LogP contribution in [0.2, 0.25) is 0 Å². The van der Waals surface area contributed by atoms with Gasteiger partial charge in [-0.2, -0.15) is 4.99 Å². The standard InChI is InChI=1S/C12H15N3O/c16-12-14-10-3-1-2-4-11(10)15(12)9-5-7-13-8-6-9/h1-4,9,11,13H,5-8H2/t11-/m0/s1. The topological polar surface area (TPSA) is 44.7 Å². The van der Waals surface area contributed by atoms with Gasteiger partial charge in [-0.1, -0.05) is 18.2 Å². The van der Waals surface area contributed by atoms with Gasteiger partial charge in [0.15, 0.2) is 0 Å². The minimum Gasteiger partial charge on any atom is -0.317 e. The van der Waals surface area contributed by atoms with Crippen LogP contribution < -0.4 is 5.32 Å². The van der Waals surface area contributed by atoms with Gasteiger partial charge in [-0.3, -0.25) is 0 Å². The van der Waals surface area contributed by atoms with Crippen molar-refractivity contribution >= 4 is 11.7 Å². The number of amides is 2. The van der Waals surface area contributed by atoms with E-state index in [0.29, 0.717) is 6.04 Å². The summed E-state index contributed by atoms with van der Waals surface area (Å²) in [5.41, 5.74) is 0.894. The number of aliphatic imine (C=N–C) groups is 1. The van der Waals surface area contributed by atoms with E-state index in [9.17, 15) is 4.79 Å². The number of fused-ring (bicyclic) bond motifs is 1. The first-order valence-electron chi connectivity index (χ1n) is 5.83. The lowest BCUT2D eigenvalue weighted by atomic mass is 10.00. The minimum absolute atomic E-state index is 0.0666. The molecule has 1 aliphatic carbocycles. The molecule has 1 N–H and O–H groups in total. The van der Waals surface area contributed by atoms with E-state index in [0.717, 1.165) is 31.6 Å². The van der Waals surface area contributed by atoms with Crippen molar-refractivity contribution in [1.82, 2.24) is 10.2 Å². The van der Waals surface area contributed by atoms with Crippen molar-refractivity contribution in [3.8, 4) is 0 Å². The summed E-state index contributed by atoms with van der Waals surface area (Å²) < 4.78 is 0. The van der Waals surface area contributed by atoms with E-state index in [2.05, 4.69) is 16.4 Å². The Balaban J connectivity index is 1.83. The van der Waals surface area contributed by atoms with Gasteiger partial charge in [0.25, 0.3) is 0 Å². The third kappa shape index (κ3) is 1.50. The van der Waals surface area contributed by atoms with E-state index in [1.54, 1.807) is 0 Å². The van der Waals surface area contributed by atoms with Gasteiger partial charge in [0.1, 0.15) is 0 Å². The van der Waals surface area contributed by atoms with Crippen LogP contribution in [0.25, 0.3) is 0 Å². The molecule has 0 aromatic carbocycles. The van der Waals surface area contributed by atoms with Crippen LogP contribution in [0, 0.1) is 0 Å². The lowest BCUT2D eigenvalue weighted by Crippen LogP contribution is -2.48. The molecule has 2 aliphatic heterocycles. The zero-order chi connectivity index (χ0) is 11.0. The molecular weight excluding hydrogens is 202 g/mol. The Labute approximate surface area is 94.7 Å². The Kier molecular flexibility index (Phi) is 2.36. The van der Waals surface area contributed by atoms with Crippen LogP contribution in [0.5, 0.6) is 0 Å². The SMILES string of the molecule is O=C1N=C2C=CC=C[C@@H]2N1C1CCNCC1. The Morgan fingerprint density at radius 2 is 2.12 bits per heavy atom. The van der Waals surface area contributed by atoms with Crippen LogP contribution in [0.1, 0.15) is 12.8 Å². The highest BCUT2D eigenvalue weighted by atomic mass is 16.2. The number of piperidine rings is 1. The number of urea groups is 1. The Bertz CT molecular complexity index is 391. The third-order valence-electron chi connectivity index (χ3n) is 3.42. The molecule has 0 aromatic rings. The van der Waals surface area contributed by atoms with E-state index in [4.69, 9.17) is 0 Å². The summed E-state index contributed by atoms with van der Waals surface area (Å²) in [7, 11) is 0. The summed E-state index contributed by atoms with van der Waals surface area (Å²) in [6, 6.07) is 0.361. The fourth-order valence-electron chi connectivity index (χ4n) is 2.61. The van der Waals surface area contributed by atoms with Crippen LogP contribution in [0.15, 0.2) is 29.3 Å². The lowest BCUT2D eigenvalue weighted by molar-refractivity contribution is 0.172. The molecule has 0 radical (unpaired) electrons. The predicted octanol–water partition coefficient (Wildman–Crippen LogP) is 1.11. The molecule has 3 aliphatic rings. The van der Waals surface area contributed by atoms with Crippen molar-refractivity contribution in [2.45, 2.75) is 24.9 Å². The van der Waals surface area contributed by atoms with Crippen LogP contribution in [-0.4, -0.2) is 41.8 Å². The Hall–Kier alpha value is -1.42. The van der Waals surface area contributed by atoms with Gasteiger partial charge >= 0.3 is 6.03 Å². The number of nitrogens with one attached hydrogen (secondary N) is 1. The van der Waals surface area contributed by atoms with Gasteiger partial charge in [-0.05, 0) is 32.0 Å². The van der Waals surface area contributed by atoms with E-state index >= 15 is 0 Å². The minimum atomic E-state index is -0.0666. The molecule has 1 saturated heterocycles. The molecule has 0 spiro atoms. The van der Waals surface area contributed by atoms with Gasteiger partial charge in [0.05, 0.1) is 11.8 Å². The van der Waals surface area contributed by atoms with Gasteiger partial charge < -0.3 is 10.2 Å². The molecular formula is C12H15N3O. The Morgan fingerprint density at radius 1 is 1.31 bits per heavy atom. The molecule has 0 unspecified atom stereocenters. The lowest BCUT2D eigenvalue weighted by Gasteiger charge is -2.34. The molecule has 0 bridgehead atoms. The van der Waals surface area contributed by atoms with Gasteiger partial charge in [0.2, 0.25) is 0 Å². The highest BCUT2D eigenvalue weighted by molar-refractivity contribution is 6.12. The first-order valence-corrected chi connectivity index (χ1v) is 5.83. The quantitative estimate of drug-likeness (QED) is 0.715. The van der Waals surface area contributed by atoms with Crippen LogP contribution >= 0.6 is 0 Å². The van der Waals surface area contributed by atoms with Crippen molar-refractivity contribution in [3.63, 3.8) is 0 Å². The Morgan fingerprint density at radius 3 is 2.94 bits per heavy atom. The average molecular weight is 217 g/mol. The number of rotatable bonds is 1. The van der Waals surface area contributed by atoms with Crippen LogP contribution in [0.4, 0.5) is 4.79 Å². The van der Waals surface area contributed by atoms with Gasteiger partial charge in [0, 0.05) is 6.04 Å². The maximum absolute atomic E-state index is 11.9. The maximum Gasteiger partial charge on any atom is 0.344 e. The monoisotopic (exact) mass is 217 g/mol. The smallest absolute Gasteiger partial charge is 0.317 e. The second-order valence-corrected chi connectivity index (χ2v) is 4.40. The molecule has 4 heteroatoms. The molecule has 0 aromatic heterocycles. The van der Waals surface area contributed by atoms with E-state index < -0.39 is 0 Å². The first kappa shape index (κ1) is 9.78. The number of nitrogens with zero attached hydrogens (tertiary/aromatic N) is 2. The highest BCUT2D eigenvalue weighted by Crippen LogP contribution is 2.24. The fourth-order valence-corrected chi connectivity index (χ4v) is 2.61. The maximum atomic E-state index is 11.9. The second-order valence-electron chi connectivity index (χ2n) is 4.40. The number of allylic oxidation sites excluding steroid dienone is 2. The average Bonchev–Trinajstić information content (AvgIpc) is 2.66. The van der Waals surface area contributed by atoms with Gasteiger partial charge in [-0.25, -0.2) is 4.79 Å². The molecule has 2 amide bonds. The molecule has 4 nitrogen and oxygen atoms in total. The zero-order valence-electron chi connectivity index (χ0n) is 9.10. The van der Waals surface area contributed by atoms with Crippen molar-refractivity contribution in [3.05, 3.63) is 24.3 Å². The zero-order valence-corrected chi connectivity index (χ0v) is 9.10. The van der Waals surface area contributed by atoms with Gasteiger partial charge in [-0.15, -0.1) is 0 Å². The fraction of sp³-hybridized carbons (Fsp3) is 0.500. The highest BCUT2D eigenvalue weighted by Gasteiger charge is 2.37. The molecule has 0 saturated carbocycles.